The smallest absolute Gasteiger partial charge is 0.230 e. The van der Waals surface area contributed by atoms with Gasteiger partial charge >= 0.3 is 0 Å². The molecular formula is C13H11N5. The van der Waals surface area contributed by atoms with Crippen molar-refractivity contribution in [1.82, 2.24) is 15.0 Å². The van der Waals surface area contributed by atoms with Gasteiger partial charge in [-0.05, 0) is 17.5 Å². The summed E-state index contributed by atoms with van der Waals surface area (Å²) in [4.78, 5) is 12.5. The standard InChI is InChI=1S/C13H11N5/c14-11-6-8-16-13(17-11)18-12-10-4-2-1-3-9(10)5-7-15-12/h1-8H,(H3,14,15,16,17,18). The van der Waals surface area contributed by atoms with Crippen LogP contribution in [0.4, 0.5) is 17.6 Å². The average Bonchev–Trinajstić information content (AvgIpc) is 2.39. The van der Waals surface area contributed by atoms with Gasteiger partial charge < -0.3 is 11.1 Å². The normalized spacial score (nSPS) is 10.4. The van der Waals surface area contributed by atoms with Gasteiger partial charge in [0.1, 0.15) is 11.6 Å². The summed E-state index contributed by atoms with van der Waals surface area (Å²) in [6, 6.07) is 11.6. The number of rotatable bonds is 2. The molecule has 0 unspecified atom stereocenters. The number of nitrogens with two attached hydrogens (primary N) is 1. The van der Waals surface area contributed by atoms with Crippen LogP contribution in [0.25, 0.3) is 10.8 Å². The number of fused-ring (bicyclic) bond motifs is 1. The quantitative estimate of drug-likeness (QED) is 0.715. The largest absolute Gasteiger partial charge is 0.384 e. The fraction of sp³-hybridized carbons (Fsp3) is 0. The number of anilines is 3. The Morgan fingerprint density at radius 2 is 1.78 bits per heavy atom. The Morgan fingerprint density at radius 3 is 2.67 bits per heavy atom. The first-order valence-corrected chi connectivity index (χ1v) is 5.52. The predicted molar refractivity (Wildman–Crippen MR) is 71.5 cm³/mol. The van der Waals surface area contributed by atoms with E-state index in [1.165, 1.54) is 0 Å². The van der Waals surface area contributed by atoms with E-state index >= 15 is 0 Å². The molecular weight excluding hydrogens is 226 g/mol. The van der Waals surface area contributed by atoms with Crippen molar-refractivity contribution in [2.75, 3.05) is 11.1 Å². The van der Waals surface area contributed by atoms with Crippen molar-refractivity contribution in [2.45, 2.75) is 0 Å². The average molecular weight is 237 g/mol. The SMILES string of the molecule is Nc1ccnc(Nc2nccc3ccccc23)n1. The van der Waals surface area contributed by atoms with E-state index in [-0.39, 0.29) is 0 Å². The molecule has 3 aromatic rings. The summed E-state index contributed by atoms with van der Waals surface area (Å²) in [6.07, 6.45) is 3.35. The van der Waals surface area contributed by atoms with Crippen LogP contribution in [-0.2, 0) is 0 Å². The summed E-state index contributed by atoms with van der Waals surface area (Å²) in [5, 5.41) is 5.20. The number of benzene rings is 1. The van der Waals surface area contributed by atoms with Crippen LogP contribution in [0, 0.1) is 0 Å². The second-order valence-electron chi connectivity index (χ2n) is 3.81. The van der Waals surface area contributed by atoms with E-state index in [4.69, 9.17) is 5.73 Å². The molecule has 88 valence electrons. The molecule has 0 aliphatic carbocycles. The van der Waals surface area contributed by atoms with Crippen LogP contribution in [0.5, 0.6) is 0 Å². The Bertz CT molecular complexity index is 690. The number of aromatic nitrogens is 3. The third-order valence-corrected chi connectivity index (χ3v) is 2.58. The molecule has 5 nitrogen and oxygen atoms in total. The van der Waals surface area contributed by atoms with Crippen molar-refractivity contribution in [2.24, 2.45) is 0 Å². The van der Waals surface area contributed by atoms with Gasteiger partial charge in [-0.1, -0.05) is 24.3 Å². The Labute approximate surface area is 104 Å². The van der Waals surface area contributed by atoms with Crippen LogP contribution in [0.1, 0.15) is 0 Å². The molecule has 5 heteroatoms. The maximum atomic E-state index is 5.61. The molecule has 0 atom stereocenters. The molecule has 0 saturated carbocycles. The maximum Gasteiger partial charge on any atom is 0.230 e. The molecule has 1 aromatic carbocycles. The molecule has 2 heterocycles. The van der Waals surface area contributed by atoms with E-state index < -0.39 is 0 Å². The second kappa shape index (κ2) is 4.29. The van der Waals surface area contributed by atoms with E-state index in [1.807, 2.05) is 30.3 Å². The highest BCUT2D eigenvalue weighted by Gasteiger charge is 2.03. The first kappa shape index (κ1) is 10.5. The van der Waals surface area contributed by atoms with E-state index in [0.29, 0.717) is 11.8 Å². The second-order valence-corrected chi connectivity index (χ2v) is 3.81. The minimum absolute atomic E-state index is 0.424. The van der Waals surface area contributed by atoms with Crippen LogP contribution in [0.15, 0.2) is 48.8 Å². The van der Waals surface area contributed by atoms with Gasteiger partial charge in [-0.3, -0.25) is 0 Å². The van der Waals surface area contributed by atoms with Crippen LogP contribution < -0.4 is 11.1 Å². The van der Waals surface area contributed by atoms with Crippen LogP contribution in [0.2, 0.25) is 0 Å². The number of nitrogens with one attached hydrogen (secondary N) is 1. The lowest BCUT2D eigenvalue weighted by atomic mass is 10.1. The molecule has 18 heavy (non-hydrogen) atoms. The van der Waals surface area contributed by atoms with Gasteiger partial charge in [-0.2, -0.15) is 4.98 Å². The third-order valence-electron chi connectivity index (χ3n) is 2.58. The van der Waals surface area contributed by atoms with E-state index in [9.17, 15) is 0 Å². The molecule has 2 aromatic heterocycles. The summed E-state index contributed by atoms with van der Waals surface area (Å²) in [7, 11) is 0. The number of hydrogen-bond acceptors (Lipinski definition) is 5. The first-order chi connectivity index (χ1) is 8.83. The van der Waals surface area contributed by atoms with Crippen molar-refractivity contribution in [3.8, 4) is 0 Å². The topological polar surface area (TPSA) is 76.7 Å². The van der Waals surface area contributed by atoms with Gasteiger partial charge in [0.2, 0.25) is 5.95 Å². The summed E-state index contributed by atoms with van der Waals surface area (Å²) >= 11 is 0. The van der Waals surface area contributed by atoms with Gasteiger partial charge in [0, 0.05) is 17.8 Å². The molecule has 0 spiro atoms. The van der Waals surface area contributed by atoms with E-state index in [1.54, 1.807) is 18.5 Å². The zero-order valence-corrected chi connectivity index (χ0v) is 9.54. The molecule has 3 N–H and O–H groups in total. The molecule has 0 radical (unpaired) electrons. The van der Waals surface area contributed by atoms with Crippen molar-refractivity contribution in [3.63, 3.8) is 0 Å². The van der Waals surface area contributed by atoms with Crippen molar-refractivity contribution in [3.05, 3.63) is 48.8 Å². The fourth-order valence-electron chi connectivity index (χ4n) is 1.76. The lowest BCUT2D eigenvalue weighted by Crippen LogP contribution is -2.01. The zero-order valence-electron chi connectivity index (χ0n) is 9.54. The number of nitrogens with zero attached hydrogens (tertiary/aromatic N) is 3. The van der Waals surface area contributed by atoms with Crippen LogP contribution in [0.3, 0.4) is 0 Å². The number of pyridine rings is 1. The van der Waals surface area contributed by atoms with Crippen molar-refractivity contribution >= 4 is 28.4 Å². The monoisotopic (exact) mass is 237 g/mol. The van der Waals surface area contributed by atoms with Gasteiger partial charge in [0.15, 0.2) is 0 Å². The van der Waals surface area contributed by atoms with Gasteiger partial charge in [-0.15, -0.1) is 0 Å². The maximum absolute atomic E-state index is 5.61. The first-order valence-electron chi connectivity index (χ1n) is 5.52. The number of hydrogen-bond donors (Lipinski definition) is 2. The molecule has 0 aliphatic heterocycles. The predicted octanol–water partition coefficient (Wildman–Crippen LogP) is 2.35. The molecule has 0 saturated heterocycles. The highest BCUT2D eigenvalue weighted by Crippen LogP contribution is 2.22. The lowest BCUT2D eigenvalue weighted by Gasteiger charge is -2.07. The van der Waals surface area contributed by atoms with Gasteiger partial charge in [-0.25, -0.2) is 9.97 Å². The summed E-state index contributed by atoms with van der Waals surface area (Å²) < 4.78 is 0. The Morgan fingerprint density at radius 1 is 0.944 bits per heavy atom. The fourth-order valence-corrected chi connectivity index (χ4v) is 1.76. The minimum atomic E-state index is 0.424. The molecule has 0 aliphatic rings. The Kier molecular flexibility index (Phi) is 2.49. The van der Waals surface area contributed by atoms with Crippen molar-refractivity contribution < 1.29 is 0 Å². The Balaban J connectivity index is 2.05. The lowest BCUT2D eigenvalue weighted by molar-refractivity contribution is 1.16. The summed E-state index contributed by atoms with van der Waals surface area (Å²) in [5.74, 6) is 1.59. The molecule has 0 bridgehead atoms. The zero-order chi connectivity index (χ0) is 12.4. The van der Waals surface area contributed by atoms with Crippen LogP contribution >= 0.6 is 0 Å². The third kappa shape index (κ3) is 1.93. The summed E-state index contributed by atoms with van der Waals surface area (Å²) in [5.41, 5.74) is 5.61. The van der Waals surface area contributed by atoms with Gasteiger partial charge in [0.05, 0.1) is 0 Å². The minimum Gasteiger partial charge on any atom is -0.384 e. The Hall–Kier alpha value is -2.69. The molecule has 3 rings (SSSR count). The molecule has 0 amide bonds. The highest BCUT2D eigenvalue weighted by molar-refractivity contribution is 5.92. The summed E-state index contributed by atoms with van der Waals surface area (Å²) in [6.45, 7) is 0. The molecule has 0 fully saturated rings. The van der Waals surface area contributed by atoms with Gasteiger partial charge in [0.25, 0.3) is 0 Å². The highest BCUT2D eigenvalue weighted by atomic mass is 15.1. The van der Waals surface area contributed by atoms with E-state index in [2.05, 4.69) is 20.3 Å². The van der Waals surface area contributed by atoms with E-state index in [0.717, 1.165) is 16.6 Å². The number of nitrogen functional groups attached to an aromatic ring is 1. The van der Waals surface area contributed by atoms with Crippen LogP contribution in [-0.4, -0.2) is 15.0 Å². The van der Waals surface area contributed by atoms with Crippen molar-refractivity contribution in [1.29, 1.82) is 0 Å².